The number of hydrogen-bond donors (Lipinski definition) is 1. The van der Waals surface area contributed by atoms with Crippen LogP contribution in [0.3, 0.4) is 0 Å². The summed E-state index contributed by atoms with van der Waals surface area (Å²) in [6, 6.07) is 3.55. The Morgan fingerprint density at radius 3 is 2.84 bits per heavy atom. The van der Waals surface area contributed by atoms with E-state index in [-0.39, 0.29) is 11.3 Å². The minimum absolute atomic E-state index is 0.0802. The van der Waals surface area contributed by atoms with Gasteiger partial charge in [-0.15, -0.1) is 0 Å². The summed E-state index contributed by atoms with van der Waals surface area (Å²) in [6.45, 7) is 8.09. The van der Waals surface area contributed by atoms with Gasteiger partial charge >= 0.3 is 0 Å². The molecule has 0 radical (unpaired) electrons. The van der Waals surface area contributed by atoms with E-state index < -0.39 is 0 Å². The molecule has 1 saturated heterocycles. The van der Waals surface area contributed by atoms with E-state index in [4.69, 9.17) is 5.73 Å². The van der Waals surface area contributed by atoms with E-state index in [9.17, 15) is 4.79 Å². The van der Waals surface area contributed by atoms with Crippen LogP contribution >= 0.6 is 0 Å². The molecule has 1 aromatic heterocycles. The van der Waals surface area contributed by atoms with E-state index in [0.717, 1.165) is 31.6 Å². The van der Waals surface area contributed by atoms with Crippen LogP contribution in [0, 0.1) is 5.41 Å². The molecule has 19 heavy (non-hydrogen) atoms. The average molecular weight is 261 g/mol. The van der Waals surface area contributed by atoms with Crippen LogP contribution in [0.1, 0.15) is 49.7 Å². The Bertz CT molecular complexity index is 482. The molecule has 0 aliphatic carbocycles. The van der Waals surface area contributed by atoms with Crippen molar-refractivity contribution in [2.24, 2.45) is 5.41 Å². The number of piperidine rings is 1. The van der Waals surface area contributed by atoms with Crippen molar-refractivity contribution in [3.05, 3.63) is 23.4 Å². The lowest BCUT2D eigenvalue weighted by molar-refractivity contribution is 0.0583. The van der Waals surface area contributed by atoms with E-state index in [1.807, 2.05) is 17.9 Å². The van der Waals surface area contributed by atoms with Gasteiger partial charge < -0.3 is 10.6 Å². The fourth-order valence-electron chi connectivity index (χ4n) is 2.69. The van der Waals surface area contributed by atoms with Crippen LogP contribution in [0.4, 0.5) is 5.82 Å². The third-order valence-corrected chi connectivity index (χ3v) is 3.70. The summed E-state index contributed by atoms with van der Waals surface area (Å²) in [5.74, 6) is 0.510. The highest BCUT2D eigenvalue weighted by atomic mass is 16.2. The normalized spacial score (nSPS) is 18.4. The Morgan fingerprint density at radius 2 is 2.21 bits per heavy atom. The third-order valence-electron chi connectivity index (χ3n) is 3.70. The third kappa shape index (κ3) is 3.25. The number of rotatable bonds is 2. The molecule has 4 heteroatoms. The SMILES string of the molecule is CCc1cc(C(=O)N2CCCC(C)(C)C2)cc(N)n1. The standard InChI is InChI=1S/C15H23N3O/c1-4-12-8-11(9-13(16)17-12)14(19)18-7-5-6-15(2,3)10-18/h8-9H,4-7,10H2,1-3H3,(H2,16,17). The van der Waals surface area contributed by atoms with Crippen LogP contribution in [0.25, 0.3) is 0 Å². The van der Waals surface area contributed by atoms with Crippen molar-refractivity contribution in [3.8, 4) is 0 Å². The molecule has 0 bridgehead atoms. The zero-order valence-electron chi connectivity index (χ0n) is 12.1. The first-order valence-corrected chi connectivity index (χ1v) is 6.97. The average Bonchev–Trinajstić information content (AvgIpc) is 2.35. The zero-order chi connectivity index (χ0) is 14.0. The molecule has 0 saturated carbocycles. The smallest absolute Gasteiger partial charge is 0.254 e. The number of nitrogen functional groups attached to an aromatic ring is 1. The lowest BCUT2D eigenvalue weighted by Gasteiger charge is -2.38. The van der Waals surface area contributed by atoms with Gasteiger partial charge in [-0.05, 0) is 36.8 Å². The maximum Gasteiger partial charge on any atom is 0.254 e. The van der Waals surface area contributed by atoms with Gasteiger partial charge in [0.25, 0.3) is 5.91 Å². The van der Waals surface area contributed by atoms with Crippen molar-refractivity contribution in [1.29, 1.82) is 0 Å². The number of amides is 1. The Labute approximate surface area is 115 Å². The minimum Gasteiger partial charge on any atom is -0.384 e. The highest BCUT2D eigenvalue weighted by Gasteiger charge is 2.29. The van der Waals surface area contributed by atoms with Crippen LogP contribution in [0.5, 0.6) is 0 Å². The first-order valence-electron chi connectivity index (χ1n) is 6.97. The number of hydrogen-bond acceptors (Lipinski definition) is 3. The molecule has 2 rings (SSSR count). The quantitative estimate of drug-likeness (QED) is 0.889. The first kappa shape index (κ1) is 13.8. The molecule has 0 spiro atoms. The topological polar surface area (TPSA) is 59.2 Å². The number of aryl methyl sites for hydroxylation is 1. The Kier molecular flexibility index (Phi) is 3.78. The van der Waals surface area contributed by atoms with Gasteiger partial charge in [-0.2, -0.15) is 0 Å². The van der Waals surface area contributed by atoms with Crippen molar-refractivity contribution in [3.63, 3.8) is 0 Å². The van der Waals surface area contributed by atoms with Crippen molar-refractivity contribution in [2.75, 3.05) is 18.8 Å². The lowest BCUT2D eigenvalue weighted by atomic mass is 9.84. The van der Waals surface area contributed by atoms with Gasteiger partial charge in [0.1, 0.15) is 5.82 Å². The van der Waals surface area contributed by atoms with Gasteiger partial charge in [0.2, 0.25) is 0 Å². The molecule has 4 nitrogen and oxygen atoms in total. The molecule has 0 aromatic carbocycles. The summed E-state index contributed by atoms with van der Waals surface area (Å²) < 4.78 is 0. The molecular formula is C15H23N3O. The monoisotopic (exact) mass is 261 g/mol. The first-order chi connectivity index (χ1) is 8.91. The molecular weight excluding hydrogens is 238 g/mol. The van der Waals surface area contributed by atoms with Crippen LogP contribution in [0.2, 0.25) is 0 Å². The van der Waals surface area contributed by atoms with Gasteiger partial charge in [0.15, 0.2) is 0 Å². The van der Waals surface area contributed by atoms with E-state index >= 15 is 0 Å². The summed E-state index contributed by atoms with van der Waals surface area (Å²) in [5.41, 5.74) is 7.53. The van der Waals surface area contributed by atoms with E-state index in [0.29, 0.717) is 11.4 Å². The van der Waals surface area contributed by atoms with E-state index in [2.05, 4.69) is 18.8 Å². The van der Waals surface area contributed by atoms with Crippen LogP contribution < -0.4 is 5.73 Å². The number of aromatic nitrogens is 1. The number of anilines is 1. The highest BCUT2D eigenvalue weighted by Crippen LogP contribution is 2.29. The van der Waals surface area contributed by atoms with Gasteiger partial charge in [-0.25, -0.2) is 4.98 Å². The summed E-state index contributed by atoms with van der Waals surface area (Å²) in [7, 11) is 0. The molecule has 1 aromatic rings. The molecule has 2 N–H and O–H groups in total. The van der Waals surface area contributed by atoms with Gasteiger partial charge in [-0.1, -0.05) is 20.8 Å². The Morgan fingerprint density at radius 1 is 1.47 bits per heavy atom. The van der Waals surface area contributed by atoms with Gasteiger partial charge in [0, 0.05) is 24.3 Å². The largest absolute Gasteiger partial charge is 0.384 e. The molecule has 0 atom stereocenters. The number of pyridine rings is 1. The van der Waals surface area contributed by atoms with Gasteiger partial charge in [0.05, 0.1) is 0 Å². The van der Waals surface area contributed by atoms with Crippen molar-refractivity contribution in [1.82, 2.24) is 9.88 Å². The molecule has 1 fully saturated rings. The maximum atomic E-state index is 12.6. The Hall–Kier alpha value is -1.58. The summed E-state index contributed by atoms with van der Waals surface area (Å²) in [4.78, 5) is 18.7. The predicted octanol–water partition coefficient (Wildman–Crippen LogP) is 2.49. The van der Waals surface area contributed by atoms with Crippen molar-refractivity contribution >= 4 is 11.7 Å². The molecule has 1 aliphatic rings. The fourth-order valence-corrected chi connectivity index (χ4v) is 2.69. The maximum absolute atomic E-state index is 12.6. The number of nitrogens with zero attached hydrogens (tertiary/aromatic N) is 2. The summed E-state index contributed by atoms with van der Waals surface area (Å²) >= 11 is 0. The van der Waals surface area contributed by atoms with Crippen LogP contribution in [-0.2, 0) is 6.42 Å². The highest BCUT2D eigenvalue weighted by molar-refractivity contribution is 5.95. The van der Waals surface area contributed by atoms with Crippen molar-refractivity contribution in [2.45, 2.75) is 40.0 Å². The Balaban J connectivity index is 2.21. The number of carbonyl (C=O) groups excluding carboxylic acids is 1. The lowest BCUT2D eigenvalue weighted by Crippen LogP contribution is -2.43. The zero-order valence-corrected chi connectivity index (χ0v) is 12.1. The number of carbonyl (C=O) groups is 1. The van der Waals surface area contributed by atoms with Crippen molar-refractivity contribution < 1.29 is 4.79 Å². The minimum atomic E-state index is 0.0802. The molecule has 1 amide bonds. The van der Waals surface area contributed by atoms with Crippen LogP contribution in [0.15, 0.2) is 12.1 Å². The van der Waals surface area contributed by atoms with Gasteiger partial charge in [-0.3, -0.25) is 4.79 Å². The van der Waals surface area contributed by atoms with E-state index in [1.165, 1.54) is 6.42 Å². The molecule has 1 aliphatic heterocycles. The second-order valence-corrected chi connectivity index (χ2v) is 6.12. The second-order valence-electron chi connectivity index (χ2n) is 6.12. The molecule has 0 unspecified atom stereocenters. The molecule has 2 heterocycles. The fraction of sp³-hybridized carbons (Fsp3) is 0.600. The molecule has 104 valence electrons. The van der Waals surface area contributed by atoms with E-state index in [1.54, 1.807) is 6.07 Å². The summed E-state index contributed by atoms with van der Waals surface area (Å²) in [6.07, 6.45) is 3.03. The number of likely N-dealkylation sites (tertiary alicyclic amines) is 1. The predicted molar refractivity (Wildman–Crippen MR) is 76.9 cm³/mol. The second kappa shape index (κ2) is 5.19. The van der Waals surface area contributed by atoms with Crippen LogP contribution in [-0.4, -0.2) is 28.9 Å². The number of nitrogens with two attached hydrogens (primary N) is 1. The summed E-state index contributed by atoms with van der Waals surface area (Å²) in [5, 5.41) is 0.